The zero-order chi connectivity index (χ0) is 14.3. The van der Waals surface area contributed by atoms with E-state index in [4.69, 9.17) is 0 Å². The first-order valence-electron chi connectivity index (χ1n) is 7.16. The van der Waals surface area contributed by atoms with E-state index in [0.717, 1.165) is 48.2 Å². The quantitative estimate of drug-likeness (QED) is 0.743. The van der Waals surface area contributed by atoms with Gasteiger partial charge >= 0.3 is 0 Å². The third-order valence-corrected chi connectivity index (χ3v) is 3.88. The fourth-order valence-electron chi connectivity index (χ4n) is 2.03. The molecule has 0 aliphatic heterocycles. The van der Waals surface area contributed by atoms with Gasteiger partial charge in [0, 0.05) is 11.4 Å². The van der Waals surface area contributed by atoms with E-state index >= 15 is 0 Å². The van der Waals surface area contributed by atoms with Crippen LogP contribution in [0, 0.1) is 19.8 Å². The first kappa shape index (κ1) is 16.4. The second kappa shape index (κ2) is 8.54. The van der Waals surface area contributed by atoms with Crippen molar-refractivity contribution in [3.8, 4) is 0 Å². The number of nitrogens with zero attached hydrogens (tertiary/aromatic N) is 2. The number of hydrogen-bond acceptors (Lipinski definition) is 4. The second-order valence-corrected chi connectivity index (χ2v) is 6.55. The molecule has 1 rings (SSSR count). The first-order valence-corrected chi connectivity index (χ1v) is 8.31. The minimum Gasteiger partial charge on any atom is -0.316 e. The van der Waals surface area contributed by atoms with E-state index in [1.54, 1.807) is 0 Å². The van der Waals surface area contributed by atoms with Crippen molar-refractivity contribution in [1.29, 1.82) is 0 Å². The molecule has 0 aromatic carbocycles. The van der Waals surface area contributed by atoms with Crippen molar-refractivity contribution in [2.45, 2.75) is 46.8 Å². The number of hydrogen-bond donors (Lipinski definition) is 1. The fraction of sp³-hybridized carbons (Fsp3) is 0.733. The van der Waals surface area contributed by atoms with Gasteiger partial charge in [-0.2, -0.15) is 11.8 Å². The van der Waals surface area contributed by atoms with Gasteiger partial charge in [0.15, 0.2) is 0 Å². The summed E-state index contributed by atoms with van der Waals surface area (Å²) in [5.41, 5.74) is 3.60. The van der Waals surface area contributed by atoms with Crippen LogP contribution in [0.3, 0.4) is 0 Å². The third kappa shape index (κ3) is 5.91. The Morgan fingerprint density at radius 3 is 2.32 bits per heavy atom. The molecular weight excluding hydrogens is 254 g/mol. The summed E-state index contributed by atoms with van der Waals surface area (Å²) in [7, 11) is 0. The molecule has 0 spiro atoms. The molecule has 0 unspecified atom stereocenters. The van der Waals surface area contributed by atoms with Crippen LogP contribution in [-0.2, 0) is 12.2 Å². The highest BCUT2D eigenvalue weighted by atomic mass is 32.2. The average Bonchev–Trinajstić information content (AvgIpc) is 2.34. The minimum atomic E-state index is 0.701. The lowest BCUT2D eigenvalue weighted by molar-refractivity contribution is 0.553. The lowest BCUT2D eigenvalue weighted by Gasteiger charge is -2.12. The number of nitrogens with one attached hydrogen (secondary N) is 1. The van der Waals surface area contributed by atoms with Crippen LogP contribution in [0.15, 0.2) is 0 Å². The maximum Gasteiger partial charge on any atom is 0.138 e. The maximum atomic E-state index is 4.63. The number of aromatic nitrogens is 2. The predicted molar refractivity (Wildman–Crippen MR) is 84.8 cm³/mol. The van der Waals surface area contributed by atoms with Crippen LogP contribution in [0.2, 0.25) is 0 Å². The van der Waals surface area contributed by atoms with E-state index in [1.807, 2.05) is 11.8 Å². The highest BCUT2D eigenvalue weighted by molar-refractivity contribution is 7.98. The van der Waals surface area contributed by atoms with E-state index in [-0.39, 0.29) is 0 Å². The van der Waals surface area contributed by atoms with Gasteiger partial charge < -0.3 is 5.32 Å². The van der Waals surface area contributed by atoms with Crippen molar-refractivity contribution >= 4 is 11.8 Å². The molecule has 1 N–H and O–H groups in total. The van der Waals surface area contributed by atoms with E-state index in [1.165, 1.54) is 5.56 Å². The summed E-state index contributed by atoms with van der Waals surface area (Å²) < 4.78 is 0. The molecule has 0 saturated carbocycles. The molecule has 1 aromatic heterocycles. The normalized spacial score (nSPS) is 11.3. The summed E-state index contributed by atoms with van der Waals surface area (Å²) in [6, 6.07) is 0. The molecule has 3 nitrogen and oxygen atoms in total. The van der Waals surface area contributed by atoms with Crippen LogP contribution >= 0.6 is 11.8 Å². The summed E-state index contributed by atoms with van der Waals surface area (Å²) in [4.78, 5) is 9.25. The van der Waals surface area contributed by atoms with Gasteiger partial charge in [0.25, 0.3) is 0 Å². The monoisotopic (exact) mass is 281 g/mol. The molecule has 19 heavy (non-hydrogen) atoms. The van der Waals surface area contributed by atoms with Crippen molar-refractivity contribution in [3.63, 3.8) is 0 Å². The predicted octanol–water partition coefficient (Wildman–Crippen LogP) is 3.13. The van der Waals surface area contributed by atoms with Crippen LogP contribution in [0.1, 0.15) is 43.5 Å². The standard InChI is InChI=1S/C15H27N3S/c1-6-19-10-15-17-12(4)14(13(5)18-15)7-8-16-9-11(2)3/h11,16H,6-10H2,1-5H3. The molecule has 108 valence electrons. The average molecular weight is 281 g/mol. The Labute approximate surface area is 122 Å². The second-order valence-electron chi connectivity index (χ2n) is 5.27. The van der Waals surface area contributed by atoms with Crippen LogP contribution < -0.4 is 5.32 Å². The summed E-state index contributed by atoms with van der Waals surface area (Å²) >= 11 is 1.87. The van der Waals surface area contributed by atoms with Gasteiger partial charge in [-0.3, -0.25) is 0 Å². The molecule has 4 heteroatoms. The van der Waals surface area contributed by atoms with Gasteiger partial charge in [0.1, 0.15) is 5.82 Å². The van der Waals surface area contributed by atoms with Crippen molar-refractivity contribution in [2.75, 3.05) is 18.8 Å². The summed E-state index contributed by atoms with van der Waals surface area (Å²) in [5, 5.41) is 3.48. The molecule has 0 fully saturated rings. The minimum absolute atomic E-state index is 0.701. The molecule has 0 amide bonds. The van der Waals surface area contributed by atoms with E-state index < -0.39 is 0 Å². The molecule has 0 aliphatic rings. The molecule has 0 aliphatic carbocycles. The number of aryl methyl sites for hydroxylation is 2. The Morgan fingerprint density at radius 2 is 1.79 bits per heavy atom. The Balaban J connectivity index is 2.58. The van der Waals surface area contributed by atoms with Gasteiger partial charge in [-0.25, -0.2) is 9.97 Å². The van der Waals surface area contributed by atoms with Crippen molar-refractivity contribution in [2.24, 2.45) is 5.92 Å². The number of thioether (sulfide) groups is 1. The molecular formula is C15H27N3S. The van der Waals surface area contributed by atoms with Gasteiger partial charge in [0.2, 0.25) is 0 Å². The molecule has 0 radical (unpaired) electrons. The molecule has 0 bridgehead atoms. The van der Waals surface area contributed by atoms with Crippen LogP contribution in [0.4, 0.5) is 0 Å². The van der Waals surface area contributed by atoms with Crippen LogP contribution in [0.5, 0.6) is 0 Å². The van der Waals surface area contributed by atoms with Gasteiger partial charge in [-0.05, 0) is 50.6 Å². The Morgan fingerprint density at radius 1 is 1.16 bits per heavy atom. The SMILES string of the molecule is CCSCc1nc(C)c(CCNCC(C)C)c(C)n1. The van der Waals surface area contributed by atoms with E-state index in [2.05, 4.69) is 49.9 Å². The first-order chi connectivity index (χ1) is 9.04. The van der Waals surface area contributed by atoms with Crippen molar-refractivity contribution < 1.29 is 0 Å². The van der Waals surface area contributed by atoms with Crippen LogP contribution in [-0.4, -0.2) is 28.8 Å². The third-order valence-electron chi connectivity index (χ3n) is 3.01. The molecule has 1 heterocycles. The van der Waals surface area contributed by atoms with Crippen molar-refractivity contribution in [1.82, 2.24) is 15.3 Å². The molecule has 0 atom stereocenters. The van der Waals surface area contributed by atoms with E-state index in [9.17, 15) is 0 Å². The van der Waals surface area contributed by atoms with Crippen LogP contribution in [0.25, 0.3) is 0 Å². The highest BCUT2D eigenvalue weighted by Gasteiger charge is 2.08. The Kier molecular flexibility index (Phi) is 7.39. The summed E-state index contributed by atoms with van der Waals surface area (Å²) in [5.74, 6) is 3.71. The topological polar surface area (TPSA) is 37.8 Å². The largest absolute Gasteiger partial charge is 0.316 e. The van der Waals surface area contributed by atoms with Gasteiger partial charge in [-0.15, -0.1) is 0 Å². The van der Waals surface area contributed by atoms with Gasteiger partial charge in [-0.1, -0.05) is 20.8 Å². The smallest absolute Gasteiger partial charge is 0.138 e. The van der Waals surface area contributed by atoms with E-state index in [0.29, 0.717) is 5.92 Å². The summed E-state index contributed by atoms with van der Waals surface area (Å²) in [6.45, 7) is 12.9. The van der Waals surface area contributed by atoms with Crippen molar-refractivity contribution in [3.05, 3.63) is 22.8 Å². The maximum absolute atomic E-state index is 4.63. The summed E-state index contributed by atoms with van der Waals surface area (Å²) in [6.07, 6.45) is 1.02. The number of rotatable bonds is 8. The zero-order valence-electron chi connectivity index (χ0n) is 12.9. The molecule has 1 aromatic rings. The molecule has 0 saturated heterocycles. The van der Waals surface area contributed by atoms with Gasteiger partial charge in [0.05, 0.1) is 5.75 Å². The highest BCUT2D eigenvalue weighted by Crippen LogP contribution is 2.14. The fourth-order valence-corrected chi connectivity index (χ4v) is 2.55. The zero-order valence-corrected chi connectivity index (χ0v) is 13.7. The lowest BCUT2D eigenvalue weighted by Crippen LogP contribution is -2.23. The lowest BCUT2D eigenvalue weighted by atomic mass is 10.1. The Hall–Kier alpha value is -0.610. The Bertz CT molecular complexity index is 368.